The first-order valence-electron chi connectivity index (χ1n) is 5.40. The van der Waals surface area contributed by atoms with Crippen molar-refractivity contribution >= 4 is 11.9 Å². The van der Waals surface area contributed by atoms with Gasteiger partial charge >= 0.3 is 11.9 Å². The third-order valence-corrected chi connectivity index (χ3v) is 2.62. The van der Waals surface area contributed by atoms with Crippen molar-refractivity contribution in [1.82, 2.24) is 0 Å². The van der Waals surface area contributed by atoms with E-state index in [0.29, 0.717) is 12.2 Å². The molecule has 0 amide bonds. The third kappa shape index (κ3) is 2.84. The van der Waals surface area contributed by atoms with E-state index in [9.17, 15) is 9.59 Å². The highest BCUT2D eigenvalue weighted by Gasteiger charge is 2.31. The highest BCUT2D eigenvalue weighted by atomic mass is 16.5. The van der Waals surface area contributed by atoms with Gasteiger partial charge in [-0.05, 0) is 38.5 Å². The molecular formula is C13H16O4. The summed E-state index contributed by atoms with van der Waals surface area (Å²) in [6.45, 7) is 5.47. The van der Waals surface area contributed by atoms with E-state index in [1.165, 1.54) is 12.1 Å². The molecule has 0 unspecified atom stereocenters. The van der Waals surface area contributed by atoms with Gasteiger partial charge in [0.05, 0.1) is 17.6 Å². The van der Waals surface area contributed by atoms with Crippen molar-refractivity contribution in [3.05, 3.63) is 35.4 Å². The number of carbonyl (C=O) groups is 2. The molecule has 0 atom stereocenters. The number of esters is 1. The molecule has 0 saturated heterocycles. The molecule has 0 aliphatic rings. The number of carboxylic acids is 1. The van der Waals surface area contributed by atoms with Crippen LogP contribution in [0.2, 0.25) is 0 Å². The van der Waals surface area contributed by atoms with Crippen LogP contribution in [0.3, 0.4) is 0 Å². The van der Waals surface area contributed by atoms with Crippen molar-refractivity contribution in [2.24, 2.45) is 0 Å². The molecule has 0 saturated carbocycles. The van der Waals surface area contributed by atoms with Gasteiger partial charge < -0.3 is 9.84 Å². The highest BCUT2D eigenvalue weighted by Crippen LogP contribution is 2.25. The van der Waals surface area contributed by atoms with Crippen LogP contribution in [-0.2, 0) is 14.9 Å². The van der Waals surface area contributed by atoms with Crippen molar-refractivity contribution in [2.75, 3.05) is 6.61 Å². The van der Waals surface area contributed by atoms with Crippen molar-refractivity contribution < 1.29 is 19.4 Å². The molecule has 0 aliphatic carbocycles. The summed E-state index contributed by atoms with van der Waals surface area (Å²) in [5, 5.41) is 8.90. The molecule has 1 rings (SSSR count). The summed E-state index contributed by atoms with van der Waals surface area (Å²) in [6.07, 6.45) is 0. The summed E-state index contributed by atoms with van der Waals surface area (Å²) < 4.78 is 4.98. The molecule has 1 aromatic carbocycles. The average molecular weight is 236 g/mol. The molecule has 0 heterocycles. The van der Waals surface area contributed by atoms with E-state index in [1.807, 2.05) is 0 Å². The number of aromatic carboxylic acids is 1. The van der Waals surface area contributed by atoms with Crippen molar-refractivity contribution in [2.45, 2.75) is 26.2 Å². The van der Waals surface area contributed by atoms with Crippen LogP contribution < -0.4 is 0 Å². The number of hydrogen-bond acceptors (Lipinski definition) is 3. The maximum absolute atomic E-state index is 11.8. The topological polar surface area (TPSA) is 63.6 Å². The lowest BCUT2D eigenvalue weighted by Gasteiger charge is -2.23. The van der Waals surface area contributed by atoms with Crippen molar-refractivity contribution in [1.29, 1.82) is 0 Å². The Kier molecular flexibility index (Phi) is 3.89. The molecule has 0 bridgehead atoms. The van der Waals surface area contributed by atoms with Crippen LogP contribution in [0.5, 0.6) is 0 Å². The van der Waals surface area contributed by atoms with E-state index in [1.54, 1.807) is 32.9 Å². The predicted molar refractivity (Wildman–Crippen MR) is 63.1 cm³/mol. The maximum Gasteiger partial charge on any atom is 0.335 e. The van der Waals surface area contributed by atoms with Crippen LogP contribution in [0.1, 0.15) is 36.7 Å². The Balaban J connectivity index is 3.10. The summed E-state index contributed by atoms with van der Waals surface area (Å²) >= 11 is 0. The van der Waals surface area contributed by atoms with Gasteiger partial charge in [0.1, 0.15) is 0 Å². The van der Waals surface area contributed by atoms with Crippen LogP contribution in [0.25, 0.3) is 0 Å². The van der Waals surface area contributed by atoms with Crippen LogP contribution in [-0.4, -0.2) is 23.7 Å². The lowest BCUT2D eigenvalue weighted by molar-refractivity contribution is -0.148. The Labute approximate surface area is 100 Å². The number of rotatable bonds is 4. The minimum atomic E-state index is -1.01. The lowest BCUT2D eigenvalue weighted by Crippen LogP contribution is -2.31. The van der Waals surface area contributed by atoms with E-state index in [2.05, 4.69) is 0 Å². The SMILES string of the molecule is CCOC(=O)C(C)(C)c1cccc(C(=O)O)c1. The summed E-state index contributed by atoms with van der Waals surface area (Å²) in [5.41, 5.74) is -0.0442. The van der Waals surface area contributed by atoms with Crippen LogP contribution >= 0.6 is 0 Å². The van der Waals surface area contributed by atoms with Crippen LogP contribution in [0.4, 0.5) is 0 Å². The Hall–Kier alpha value is -1.84. The van der Waals surface area contributed by atoms with E-state index >= 15 is 0 Å². The second-order valence-corrected chi connectivity index (χ2v) is 4.23. The first kappa shape index (κ1) is 13.2. The fourth-order valence-electron chi connectivity index (χ4n) is 1.47. The van der Waals surface area contributed by atoms with Crippen molar-refractivity contribution in [3.8, 4) is 0 Å². The minimum Gasteiger partial charge on any atom is -0.478 e. The Morgan fingerprint density at radius 3 is 2.53 bits per heavy atom. The molecule has 1 N–H and O–H groups in total. The quantitative estimate of drug-likeness (QED) is 0.814. The van der Waals surface area contributed by atoms with Gasteiger partial charge in [0.15, 0.2) is 0 Å². The van der Waals surface area contributed by atoms with Crippen LogP contribution in [0, 0.1) is 0 Å². The first-order chi connectivity index (χ1) is 7.89. The van der Waals surface area contributed by atoms with Gasteiger partial charge in [-0.15, -0.1) is 0 Å². The summed E-state index contributed by atoms with van der Waals surface area (Å²) in [4.78, 5) is 22.6. The number of carboxylic acid groups (broad SMARTS) is 1. The smallest absolute Gasteiger partial charge is 0.335 e. The predicted octanol–water partition coefficient (Wildman–Crippen LogP) is 2.23. The van der Waals surface area contributed by atoms with E-state index < -0.39 is 11.4 Å². The standard InChI is InChI=1S/C13H16O4/c1-4-17-12(16)13(2,3)10-7-5-6-9(8-10)11(14)15/h5-8H,4H2,1-3H3,(H,14,15). The lowest BCUT2D eigenvalue weighted by atomic mass is 9.84. The van der Waals surface area contributed by atoms with E-state index in [4.69, 9.17) is 9.84 Å². The molecule has 0 aliphatic heterocycles. The zero-order valence-corrected chi connectivity index (χ0v) is 10.2. The van der Waals surface area contributed by atoms with E-state index in [-0.39, 0.29) is 11.5 Å². The second-order valence-electron chi connectivity index (χ2n) is 4.23. The zero-order chi connectivity index (χ0) is 13.1. The fourth-order valence-corrected chi connectivity index (χ4v) is 1.47. The van der Waals surface area contributed by atoms with Gasteiger partial charge in [-0.2, -0.15) is 0 Å². The Morgan fingerprint density at radius 2 is 2.00 bits per heavy atom. The van der Waals surface area contributed by atoms with E-state index in [0.717, 1.165) is 0 Å². The number of ether oxygens (including phenoxy) is 1. The third-order valence-electron chi connectivity index (χ3n) is 2.62. The van der Waals surface area contributed by atoms with Crippen LogP contribution in [0.15, 0.2) is 24.3 Å². The molecule has 1 aromatic rings. The fraction of sp³-hybridized carbons (Fsp3) is 0.385. The number of hydrogen-bond donors (Lipinski definition) is 1. The second kappa shape index (κ2) is 4.99. The van der Waals surface area contributed by atoms with Gasteiger partial charge in [0, 0.05) is 0 Å². The molecule has 0 radical (unpaired) electrons. The average Bonchev–Trinajstić information content (AvgIpc) is 2.29. The zero-order valence-electron chi connectivity index (χ0n) is 10.2. The van der Waals surface area contributed by atoms with Gasteiger partial charge in [-0.1, -0.05) is 12.1 Å². The molecular weight excluding hydrogens is 220 g/mol. The highest BCUT2D eigenvalue weighted by molar-refractivity contribution is 5.89. The Bertz CT molecular complexity index is 435. The molecule has 0 spiro atoms. The molecule has 4 nitrogen and oxygen atoms in total. The van der Waals surface area contributed by atoms with Crippen molar-refractivity contribution in [3.63, 3.8) is 0 Å². The maximum atomic E-state index is 11.8. The number of benzene rings is 1. The minimum absolute atomic E-state index is 0.167. The van der Waals surface area contributed by atoms with Gasteiger partial charge in [0.25, 0.3) is 0 Å². The molecule has 4 heteroatoms. The molecule has 0 aromatic heterocycles. The molecule has 17 heavy (non-hydrogen) atoms. The van der Waals surface area contributed by atoms with Gasteiger partial charge in [-0.25, -0.2) is 4.79 Å². The largest absolute Gasteiger partial charge is 0.478 e. The van der Waals surface area contributed by atoms with Gasteiger partial charge in [-0.3, -0.25) is 4.79 Å². The van der Waals surface area contributed by atoms with Gasteiger partial charge in [0.2, 0.25) is 0 Å². The normalized spacial score (nSPS) is 11.0. The number of carbonyl (C=O) groups excluding carboxylic acids is 1. The summed E-state index contributed by atoms with van der Waals surface area (Å²) in [7, 11) is 0. The molecule has 92 valence electrons. The Morgan fingerprint density at radius 1 is 1.35 bits per heavy atom. The monoisotopic (exact) mass is 236 g/mol. The molecule has 0 fully saturated rings. The summed E-state index contributed by atoms with van der Waals surface area (Å²) in [6, 6.07) is 6.34. The first-order valence-corrected chi connectivity index (χ1v) is 5.40. The summed E-state index contributed by atoms with van der Waals surface area (Å²) in [5.74, 6) is -1.37.